The van der Waals surface area contributed by atoms with Crippen LogP contribution in [-0.2, 0) is 0 Å². The minimum Gasteiger partial charge on any atom is -0.378 e. The molecule has 1 saturated carbocycles. The molecule has 2 rings (SSSR count). The van der Waals surface area contributed by atoms with E-state index in [1.807, 2.05) is 30.3 Å². The lowest BCUT2D eigenvalue weighted by atomic mass is 9.94. The second kappa shape index (κ2) is 7.35. The predicted molar refractivity (Wildman–Crippen MR) is 88.2 cm³/mol. The van der Waals surface area contributed by atoms with Crippen molar-refractivity contribution < 1.29 is 10.2 Å². The summed E-state index contributed by atoms with van der Waals surface area (Å²) in [4.78, 5) is 1.12. The van der Waals surface area contributed by atoms with Gasteiger partial charge in [0.2, 0.25) is 0 Å². The second-order valence-electron chi connectivity index (χ2n) is 6.07. The van der Waals surface area contributed by atoms with E-state index >= 15 is 0 Å². The van der Waals surface area contributed by atoms with Crippen LogP contribution in [0.25, 0.3) is 0 Å². The molecular weight excluding hydrogens is 280 g/mol. The van der Waals surface area contributed by atoms with Gasteiger partial charge < -0.3 is 10.2 Å². The van der Waals surface area contributed by atoms with E-state index in [0.717, 1.165) is 30.6 Å². The molecule has 0 aliphatic heterocycles. The molecule has 114 valence electrons. The Morgan fingerprint density at radius 3 is 2.38 bits per heavy atom. The first-order valence-electron chi connectivity index (χ1n) is 7.66. The molecule has 1 aromatic carbocycles. The first-order valence-corrected chi connectivity index (χ1v) is 8.65. The van der Waals surface area contributed by atoms with Gasteiger partial charge in [-0.25, -0.2) is 0 Å². The molecule has 1 aliphatic rings. The van der Waals surface area contributed by atoms with E-state index < -0.39 is 11.2 Å². The topological polar surface area (TPSA) is 40.5 Å². The van der Waals surface area contributed by atoms with Crippen molar-refractivity contribution in [2.24, 2.45) is 0 Å². The summed E-state index contributed by atoms with van der Waals surface area (Å²) in [6.07, 6.45) is 5.83. The highest BCUT2D eigenvalue weighted by Gasteiger charge is 2.27. The third-order valence-electron chi connectivity index (χ3n) is 3.76. The summed E-state index contributed by atoms with van der Waals surface area (Å²) in [5.74, 6) is 6.36. The summed E-state index contributed by atoms with van der Waals surface area (Å²) in [6.45, 7) is 1.72. The Balaban J connectivity index is 1.95. The van der Waals surface area contributed by atoms with Gasteiger partial charge in [-0.05, 0) is 44.7 Å². The molecule has 3 heteroatoms. The first-order chi connectivity index (χ1) is 9.99. The molecular formula is C18H24O2S. The lowest BCUT2D eigenvalue weighted by Gasteiger charge is -2.21. The Kier molecular flexibility index (Phi) is 5.75. The van der Waals surface area contributed by atoms with E-state index in [4.69, 9.17) is 0 Å². The molecule has 0 spiro atoms. The lowest BCUT2D eigenvalue weighted by Crippen LogP contribution is -2.29. The molecule has 1 aliphatic carbocycles. The van der Waals surface area contributed by atoms with Crippen molar-refractivity contribution in [2.75, 3.05) is 5.75 Å². The minimum atomic E-state index is -1.08. The van der Waals surface area contributed by atoms with Gasteiger partial charge in [0.1, 0.15) is 11.2 Å². The molecule has 1 fully saturated rings. The molecule has 1 aromatic rings. The van der Waals surface area contributed by atoms with Crippen molar-refractivity contribution in [3.8, 4) is 11.8 Å². The van der Waals surface area contributed by atoms with E-state index in [9.17, 15) is 10.2 Å². The fraction of sp³-hybridized carbons (Fsp3) is 0.556. The van der Waals surface area contributed by atoms with Crippen LogP contribution in [-0.4, -0.2) is 27.2 Å². The van der Waals surface area contributed by atoms with Crippen molar-refractivity contribution >= 4 is 11.8 Å². The molecule has 1 atom stereocenters. The maximum Gasteiger partial charge on any atom is 0.132 e. The number of aliphatic hydroxyl groups is 2. The molecule has 0 aromatic heterocycles. The van der Waals surface area contributed by atoms with Gasteiger partial charge in [-0.1, -0.05) is 42.9 Å². The van der Waals surface area contributed by atoms with Gasteiger partial charge in [-0.2, -0.15) is 0 Å². The zero-order valence-corrected chi connectivity index (χ0v) is 13.5. The van der Waals surface area contributed by atoms with Crippen LogP contribution in [0.3, 0.4) is 0 Å². The third kappa shape index (κ3) is 5.74. The van der Waals surface area contributed by atoms with Crippen LogP contribution in [0.4, 0.5) is 0 Å². The maximum absolute atomic E-state index is 10.5. The Morgan fingerprint density at radius 1 is 1.14 bits per heavy atom. The highest BCUT2D eigenvalue weighted by Crippen LogP contribution is 2.27. The van der Waals surface area contributed by atoms with Crippen LogP contribution in [0.1, 0.15) is 45.4 Å². The number of rotatable bonds is 3. The van der Waals surface area contributed by atoms with Gasteiger partial charge in [-0.3, -0.25) is 0 Å². The predicted octanol–water partition coefficient (Wildman–Crippen LogP) is 3.62. The third-order valence-corrected chi connectivity index (χ3v) is 5.07. The fourth-order valence-electron chi connectivity index (χ4n) is 2.47. The summed E-state index contributed by atoms with van der Waals surface area (Å²) in [6, 6.07) is 9.98. The number of hydrogen-bond donors (Lipinski definition) is 2. The molecule has 0 heterocycles. The normalized spacial score (nSPS) is 20.7. The van der Waals surface area contributed by atoms with Gasteiger partial charge in [0.25, 0.3) is 0 Å². The van der Waals surface area contributed by atoms with Gasteiger partial charge in [0.15, 0.2) is 0 Å². The summed E-state index contributed by atoms with van der Waals surface area (Å²) >= 11 is 1.58. The van der Waals surface area contributed by atoms with Gasteiger partial charge in [-0.15, -0.1) is 11.8 Å². The average Bonchev–Trinajstić information content (AvgIpc) is 2.70. The molecule has 2 nitrogen and oxygen atoms in total. The van der Waals surface area contributed by atoms with Crippen LogP contribution >= 0.6 is 11.8 Å². The molecule has 0 radical (unpaired) electrons. The minimum absolute atomic E-state index is 0.500. The van der Waals surface area contributed by atoms with Crippen molar-refractivity contribution in [1.82, 2.24) is 0 Å². The number of benzene rings is 1. The van der Waals surface area contributed by atoms with Gasteiger partial charge in [0, 0.05) is 10.6 Å². The van der Waals surface area contributed by atoms with E-state index in [1.165, 1.54) is 12.8 Å². The Morgan fingerprint density at radius 2 is 1.76 bits per heavy atom. The standard InChI is InChI=1S/C18H24O2S/c1-17(19,15-21-16-9-5-4-6-10-16)13-14-18(20)11-7-2-3-8-12-18/h4-6,9-10,19-20H,2-3,7-8,11-12,15H2,1H3. The lowest BCUT2D eigenvalue weighted by molar-refractivity contribution is 0.0828. The quantitative estimate of drug-likeness (QED) is 0.509. The van der Waals surface area contributed by atoms with E-state index in [1.54, 1.807) is 18.7 Å². The van der Waals surface area contributed by atoms with E-state index in [2.05, 4.69) is 11.8 Å². The maximum atomic E-state index is 10.5. The van der Waals surface area contributed by atoms with Crippen molar-refractivity contribution in [3.05, 3.63) is 30.3 Å². The van der Waals surface area contributed by atoms with Crippen LogP contribution in [0.15, 0.2) is 35.2 Å². The summed E-state index contributed by atoms with van der Waals surface area (Å²) in [7, 11) is 0. The number of hydrogen-bond acceptors (Lipinski definition) is 3. The van der Waals surface area contributed by atoms with Crippen LogP contribution in [0, 0.1) is 11.8 Å². The zero-order valence-electron chi connectivity index (χ0n) is 12.6. The highest BCUT2D eigenvalue weighted by molar-refractivity contribution is 7.99. The Bertz CT molecular complexity index is 491. The first kappa shape index (κ1) is 16.4. The largest absolute Gasteiger partial charge is 0.378 e. The summed E-state index contributed by atoms with van der Waals surface area (Å²) in [5, 5.41) is 20.9. The molecule has 21 heavy (non-hydrogen) atoms. The molecule has 0 amide bonds. The monoisotopic (exact) mass is 304 g/mol. The Labute approximate surface area is 132 Å². The van der Waals surface area contributed by atoms with Gasteiger partial charge in [0.05, 0.1) is 0 Å². The summed E-state index contributed by atoms with van der Waals surface area (Å²) < 4.78 is 0. The van der Waals surface area contributed by atoms with Crippen LogP contribution in [0.2, 0.25) is 0 Å². The number of thioether (sulfide) groups is 1. The van der Waals surface area contributed by atoms with Crippen molar-refractivity contribution in [3.63, 3.8) is 0 Å². The fourth-order valence-corrected chi connectivity index (χ4v) is 3.34. The van der Waals surface area contributed by atoms with Crippen LogP contribution < -0.4 is 0 Å². The SMILES string of the molecule is CC(O)(C#CC1(O)CCCCCC1)CSc1ccccc1. The molecule has 0 saturated heterocycles. The van der Waals surface area contributed by atoms with Crippen molar-refractivity contribution in [2.45, 2.75) is 61.5 Å². The zero-order chi connectivity index (χ0) is 15.2. The van der Waals surface area contributed by atoms with Crippen LogP contribution in [0.5, 0.6) is 0 Å². The van der Waals surface area contributed by atoms with Gasteiger partial charge >= 0.3 is 0 Å². The Hall–Kier alpha value is -0.950. The van der Waals surface area contributed by atoms with Crippen molar-refractivity contribution in [1.29, 1.82) is 0 Å². The second-order valence-corrected chi connectivity index (χ2v) is 7.12. The van der Waals surface area contributed by atoms with E-state index in [-0.39, 0.29) is 0 Å². The van der Waals surface area contributed by atoms with E-state index in [0.29, 0.717) is 5.75 Å². The molecule has 1 unspecified atom stereocenters. The smallest absolute Gasteiger partial charge is 0.132 e. The highest BCUT2D eigenvalue weighted by atomic mass is 32.2. The molecule has 0 bridgehead atoms. The summed E-state index contributed by atoms with van der Waals surface area (Å²) in [5.41, 5.74) is -1.99. The molecule has 2 N–H and O–H groups in total. The average molecular weight is 304 g/mol.